The average molecular weight is 329 g/mol. The van der Waals surface area contributed by atoms with Crippen LogP contribution in [0, 0.1) is 11.8 Å². The van der Waals surface area contributed by atoms with Gasteiger partial charge in [0.05, 0.1) is 20.6 Å². The second-order valence-corrected chi connectivity index (χ2v) is 6.91. The minimum absolute atomic E-state index is 0.0864. The molecule has 1 aromatic carbocycles. The van der Waals surface area contributed by atoms with Crippen LogP contribution in [-0.2, 0) is 13.1 Å². The van der Waals surface area contributed by atoms with Crippen LogP contribution in [0.25, 0.3) is 0 Å². The van der Waals surface area contributed by atoms with E-state index in [9.17, 15) is 0 Å². The molecule has 4 heteroatoms. The highest BCUT2D eigenvalue weighted by atomic mass is 32.1. The van der Waals surface area contributed by atoms with Gasteiger partial charge < -0.3 is 10.0 Å². The van der Waals surface area contributed by atoms with Crippen molar-refractivity contribution in [2.24, 2.45) is 0 Å². The van der Waals surface area contributed by atoms with E-state index in [4.69, 9.17) is 5.11 Å². The predicted molar refractivity (Wildman–Crippen MR) is 96.5 cm³/mol. The first-order valence-corrected chi connectivity index (χ1v) is 8.78. The zero-order chi connectivity index (χ0) is 16.5. The highest BCUT2D eigenvalue weighted by molar-refractivity contribution is 7.10. The lowest BCUT2D eigenvalue weighted by atomic mass is 10.2. The number of thiophene rings is 1. The first kappa shape index (κ1) is 17.7. The number of hydrogen-bond acceptors (Lipinski definition) is 3. The number of hydrogen-bond donors (Lipinski definition) is 2. The molecule has 0 bridgehead atoms. The number of rotatable bonds is 7. The SMILES string of the molecule is C[NH+](C)CCN(Cc1ccccc1)Cc1cc(C#CCO)cs1. The molecule has 0 saturated carbocycles. The van der Waals surface area contributed by atoms with E-state index in [0.717, 1.165) is 31.7 Å². The van der Waals surface area contributed by atoms with Gasteiger partial charge in [0.25, 0.3) is 0 Å². The zero-order valence-electron chi connectivity index (χ0n) is 13.9. The molecular weight excluding hydrogens is 304 g/mol. The van der Waals surface area contributed by atoms with Gasteiger partial charge >= 0.3 is 0 Å². The summed E-state index contributed by atoms with van der Waals surface area (Å²) in [6, 6.07) is 12.7. The summed E-state index contributed by atoms with van der Waals surface area (Å²) in [5.41, 5.74) is 2.34. The van der Waals surface area contributed by atoms with Gasteiger partial charge in [-0.15, -0.1) is 11.3 Å². The van der Waals surface area contributed by atoms with Crippen molar-refractivity contribution in [3.05, 3.63) is 57.8 Å². The van der Waals surface area contributed by atoms with Crippen molar-refractivity contribution in [3.63, 3.8) is 0 Å². The molecule has 2 rings (SSSR count). The molecule has 23 heavy (non-hydrogen) atoms. The van der Waals surface area contributed by atoms with Crippen LogP contribution in [0.4, 0.5) is 0 Å². The maximum Gasteiger partial charge on any atom is 0.104 e. The number of aliphatic hydroxyl groups is 1. The molecule has 0 spiro atoms. The molecule has 1 aromatic heterocycles. The van der Waals surface area contributed by atoms with Crippen LogP contribution in [0.5, 0.6) is 0 Å². The minimum atomic E-state index is -0.0864. The van der Waals surface area contributed by atoms with E-state index in [1.807, 2.05) is 0 Å². The van der Waals surface area contributed by atoms with E-state index in [1.165, 1.54) is 15.3 Å². The van der Waals surface area contributed by atoms with Crippen molar-refractivity contribution in [1.29, 1.82) is 0 Å². The Morgan fingerprint density at radius 1 is 1.17 bits per heavy atom. The molecule has 0 aliphatic rings. The van der Waals surface area contributed by atoms with E-state index in [-0.39, 0.29) is 6.61 Å². The number of quaternary nitrogens is 1. The van der Waals surface area contributed by atoms with Crippen LogP contribution in [-0.4, -0.2) is 43.8 Å². The molecule has 0 unspecified atom stereocenters. The molecule has 2 N–H and O–H groups in total. The zero-order valence-corrected chi connectivity index (χ0v) is 14.7. The van der Waals surface area contributed by atoms with Crippen LogP contribution in [0.3, 0.4) is 0 Å². The standard InChI is InChI=1S/C19H24N2OS/c1-20(2)10-11-21(14-17-7-4-3-5-8-17)15-19-13-18(16-23-19)9-6-12-22/h3-5,7-8,13,16,22H,10-12,14-15H2,1-2H3/p+1. The topological polar surface area (TPSA) is 27.9 Å². The molecule has 1 heterocycles. The largest absolute Gasteiger partial charge is 0.384 e. The summed E-state index contributed by atoms with van der Waals surface area (Å²) in [7, 11) is 4.38. The summed E-state index contributed by atoms with van der Waals surface area (Å²) in [5.74, 6) is 5.68. The summed E-state index contributed by atoms with van der Waals surface area (Å²) >= 11 is 1.74. The fourth-order valence-corrected chi connectivity index (χ4v) is 3.19. The first-order valence-electron chi connectivity index (χ1n) is 7.90. The van der Waals surface area contributed by atoms with Crippen molar-refractivity contribution in [3.8, 4) is 11.8 Å². The van der Waals surface area contributed by atoms with Gasteiger partial charge in [-0.3, -0.25) is 4.90 Å². The Hall–Kier alpha value is -1.64. The summed E-state index contributed by atoms with van der Waals surface area (Å²) in [6.07, 6.45) is 0. The number of likely N-dealkylation sites (N-methyl/N-ethyl adjacent to an activating group) is 1. The molecule has 0 saturated heterocycles. The second kappa shape index (κ2) is 9.49. The fourth-order valence-electron chi connectivity index (χ4n) is 2.33. The maximum absolute atomic E-state index is 8.79. The van der Waals surface area contributed by atoms with Crippen molar-refractivity contribution >= 4 is 11.3 Å². The lowest BCUT2D eigenvalue weighted by Gasteiger charge is -2.22. The Bertz CT molecular complexity index is 640. The molecule has 3 nitrogen and oxygen atoms in total. The number of nitrogens with one attached hydrogen (secondary N) is 1. The molecule has 0 amide bonds. The fraction of sp³-hybridized carbons (Fsp3) is 0.368. The lowest BCUT2D eigenvalue weighted by Crippen LogP contribution is -3.06. The monoisotopic (exact) mass is 329 g/mol. The van der Waals surface area contributed by atoms with Gasteiger partial charge in [-0.25, -0.2) is 0 Å². The third-order valence-corrected chi connectivity index (χ3v) is 4.44. The third-order valence-electron chi connectivity index (χ3n) is 3.52. The van der Waals surface area contributed by atoms with Gasteiger partial charge in [0, 0.05) is 35.5 Å². The van der Waals surface area contributed by atoms with E-state index in [2.05, 4.69) is 72.6 Å². The minimum Gasteiger partial charge on any atom is -0.384 e. The van der Waals surface area contributed by atoms with E-state index in [0.29, 0.717) is 0 Å². The van der Waals surface area contributed by atoms with E-state index in [1.54, 1.807) is 11.3 Å². The molecule has 0 fully saturated rings. The smallest absolute Gasteiger partial charge is 0.104 e. The third kappa shape index (κ3) is 6.55. The molecular formula is C19H25N2OS+. The highest BCUT2D eigenvalue weighted by Gasteiger charge is 2.10. The predicted octanol–water partition coefficient (Wildman–Crippen LogP) is 1.24. The highest BCUT2D eigenvalue weighted by Crippen LogP contribution is 2.17. The van der Waals surface area contributed by atoms with Crippen molar-refractivity contribution in [2.75, 3.05) is 33.8 Å². The average Bonchev–Trinajstić information content (AvgIpc) is 2.99. The molecule has 0 aliphatic heterocycles. The van der Waals surface area contributed by atoms with Gasteiger partial charge in [-0.1, -0.05) is 42.2 Å². The Kier molecular flexibility index (Phi) is 7.31. The maximum atomic E-state index is 8.79. The Morgan fingerprint density at radius 3 is 2.65 bits per heavy atom. The van der Waals surface area contributed by atoms with Crippen LogP contribution < -0.4 is 4.90 Å². The van der Waals surface area contributed by atoms with Crippen molar-refractivity contribution in [1.82, 2.24) is 4.90 Å². The molecule has 0 atom stereocenters. The lowest BCUT2D eigenvalue weighted by molar-refractivity contribution is -0.857. The van der Waals surface area contributed by atoms with Crippen LogP contribution in [0.1, 0.15) is 16.0 Å². The van der Waals surface area contributed by atoms with Gasteiger partial charge in [0.2, 0.25) is 0 Å². The summed E-state index contributed by atoms with van der Waals surface area (Å²) in [4.78, 5) is 5.26. The first-order chi connectivity index (χ1) is 11.2. The quantitative estimate of drug-likeness (QED) is 0.748. The summed E-state index contributed by atoms with van der Waals surface area (Å²) in [6.45, 7) is 4.00. The van der Waals surface area contributed by atoms with Crippen LogP contribution in [0.15, 0.2) is 41.8 Å². The number of aliphatic hydroxyl groups excluding tert-OH is 1. The molecule has 122 valence electrons. The van der Waals surface area contributed by atoms with Gasteiger partial charge in [0.1, 0.15) is 6.61 Å². The van der Waals surface area contributed by atoms with Gasteiger partial charge in [-0.05, 0) is 11.6 Å². The molecule has 0 radical (unpaired) electrons. The summed E-state index contributed by atoms with van der Waals surface area (Å²) < 4.78 is 0. The second-order valence-electron chi connectivity index (χ2n) is 5.91. The Labute approximate surface area is 143 Å². The molecule has 0 aliphatic carbocycles. The van der Waals surface area contributed by atoms with Crippen LogP contribution in [0.2, 0.25) is 0 Å². The summed E-state index contributed by atoms with van der Waals surface area (Å²) in [5, 5.41) is 10.9. The number of benzene rings is 1. The Morgan fingerprint density at radius 2 is 1.96 bits per heavy atom. The normalized spacial score (nSPS) is 10.8. The van der Waals surface area contributed by atoms with Gasteiger partial charge in [-0.2, -0.15) is 0 Å². The van der Waals surface area contributed by atoms with Crippen molar-refractivity contribution in [2.45, 2.75) is 13.1 Å². The molecule has 2 aromatic rings. The van der Waals surface area contributed by atoms with Crippen LogP contribution >= 0.6 is 11.3 Å². The van der Waals surface area contributed by atoms with E-state index < -0.39 is 0 Å². The number of nitrogens with zero attached hydrogens (tertiary/aromatic N) is 1. The van der Waals surface area contributed by atoms with Gasteiger partial charge in [0.15, 0.2) is 0 Å². The van der Waals surface area contributed by atoms with E-state index >= 15 is 0 Å². The Balaban J connectivity index is 2.02. The van der Waals surface area contributed by atoms with Crippen molar-refractivity contribution < 1.29 is 10.0 Å².